The van der Waals surface area contributed by atoms with Gasteiger partial charge in [0.15, 0.2) is 6.61 Å². The average Bonchev–Trinajstić information content (AvgIpc) is 2.64. The highest BCUT2D eigenvalue weighted by Gasteiger charge is 2.16. The number of benzene rings is 2. The Hall–Kier alpha value is -2.96. The van der Waals surface area contributed by atoms with Gasteiger partial charge < -0.3 is 14.8 Å². The summed E-state index contributed by atoms with van der Waals surface area (Å²) in [4.78, 5) is 23.9. The lowest BCUT2D eigenvalue weighted by Gasteiger charge is -2.15. The molecule has 0 spiro atoms. The Morgan fingerprint density at radius 3 is 2.44 bits per heavy atom. The number of amides is 1. The normalized spacial score (nSPS) is 11.6. The first-order valence-corrected chi connectivity index (χ1v) is 8.55. The molecule has 0 unspecified atom stereocenters. The molecule has 0 saturated heterocycles. The molecule has 2 aromatic rings. The summed E-state index contributed by atoms with van der Waals surface area (Å²) < 4.78 is 37.0. The van der Waals surface area contributed by atoms with Crippen molar-refractivity contribution in [2.45, 2.75) is 26.3 Å². The molecule has 2 rings (SSSR count). The summed E-state index contributed by atoms with van der Waals surface area (Å²) in [5.74, 6) is -2.07. The minimum absolute atomic E-state index is 0.138. The number of esters is 1. The van der Waals surface area contributed by atoms with E-state index >= 15 is 0 Å². The second-order valence-electron chi connectivity index (χ2n) is 5.90. The molecular formula is C20H21F2NO4. The highest BCUT2D eigenvalue weighted by Crippen LogP contribution is 2.17. The molecule has 0 aliphatic heterocycles. The predicted molar refractivity (Wildman–Crippen MR) is 95.4 cm³/mol. The Labute approximate surface area is 156 Å². The van der Waals surface area contributed by atoms with Gasteiger partial charge in [0.25, 0.3) is 5.91 Å². The van der Waals surface area contributed by atoms with Crippen molar-refractivity contribution >= 4 is 11.9 Å². The van der Waals surface area contributed by atoms with E-state index in [4.69, 9.17) is 9.47 Å². The first-order chi connectivity index (χ1) is 12.9. The Morgan fingerprint density at radius 2 is 1.81 bits per heavy atom. The molecule has 1 atom stereocenters. The molecule has 5 nitrogen and oxygen atoms in total. The van der Waals surface area contributed by atoms with Crippen molar-refractivity contribution in [2.24, 2.45) is 0 Å². The maximum Gasteiger partial charge on any atom is 0.338 e. The van der Waals surface area contributed by atoms with Crippen LogP contribution in [0.1, 0.15) is 42.2 Å². The SMILES string of the molecule is CCCOc1ccc(C(=O)OCC(=O)N[C@@H](C)c2ccc(F)cc2F)cc1. The smallest absolute Gasteiger partial charge is 0.338 e. The number of ether oxygens (including phenoxy) is 2. The van der Waals surface area contributed by atoms with Gasteiger partial charge in [-0.2, -0.15) is 0 Å². The zero-order chi connectivity index (χ0) is 19.8. The van der Waals surface area contributed by atoms with Gasteiger partial charge in [0, 0.05) is 11.6 Å². The average molecular weight is 377 g/mol. The van der Waals surface area contributed by atoms with E-state index in [1.165, 1.54) is 6.07 Å². The van der Waals surface area contributed by atoms with E-state index in [0.29, 0.717) is 12.4 Å². The van der Waals surface area contributed by atoms with Crippen LogP contribution in [0, 0.1) is 11.6 Å². The van der Waals surface area contributed by atoms with Crippen LogP contribution in [0.25, 0.3) is 0 Å². The monoisotopic (exact) mass is 377 g/mol. The lowest BCUT2D eigenvalue weighted by Crippen LogP contribution is -2.31. The van der Waals surface area contributed by atoms with Crippen LogP contribution in [0.4, 0.5) is 8.78 Å². The first-order valence-electron chi connectivity index (χ1n) is 8.55. The molecule has 0 fully saturated rings. The summed E-state index contributed by atoms with van der Waals surface area (Å²) in [5, 5.41) is 2.50. The fourth-order valence-electron chi connectivity index (χ4n) is 2.34. The number of carbonyl (C=O) groups is 2. The van der Waals surface area contributed by atoms with E-state index in [2.05, 4.69) is 5.32 Å². The van der Waals surface area contributed by atoms with Gasteiger partial charge in [-0.25, -0.2) is 13.6 Å². The molecule has 0 aliphatic carbocycles. The van der Waals surface area contributed by atoms with E-state index < -0.39 is 36.2 Å². The van der Waals surface area contributed by atoms with E-state index in [1.54, 1.807) is 31.2 Å². The van der Waals surface area contributed by atoms with Gasteiger partial charge >= 0.3 is 5.97 Å². The van der Waals surface area contributed by atoms with Crippen molar-refractivity contribution in [1.29, 1.82) is 0 Å². The van der Waals surface area contributed by atoms with Gasteiger partial charge in [-0.15, -0.1) is 0 Å². The predicted octanol–water partition coefficient (Wildman–Crippen LogP) is 3.79. The first kappa shape index (κ1) is 20.4. The maximum absolute atomic E-state index is 13.7. The van der Waals surface area contributed by atoms with Crippen molar-refractivity contribution in [3.05, 3.63) is 65.2 Å². The number of carbonyl (C=O) groups excluding carboxylic acids is 2. The molecule has 1 N–H and O–H groups in total. The van der Waals surface area contributed by atoms with Crippen LogP contribution in [0.2, 0.25) is 0 Å². The number of hydrogen-bond acceptors (Lipinski definition) is 4. The van der Waals surface area contributed by atoms with Gasteiger partial charge in [-0.3, -0.25) is 4.79 Å². The standard InChI is InChI=1S/C20H21F2NO4/c1-3-10-26-16-7-4-14(5-8-16)20(25)27-12-19(24)23-13(2)17-9-6-15(21)11-18(17)22/h4-9,11,13H,3,10,12H2,1-2H3,(H,23,24)/t13-/m0/s1. The molecule has 2 aromatic carbocycles. The van der Waals surface area contributed by atoms with Crippen molar-refractivity contribution in [3.8, 4) is 5.75 Å². The van der Waals surface area contributed by atoms with Crippen molar-refractivity contribution in [2.75, 3.05) is 13.2 Å². The second-order valence-corrected chi connectivity index (χ2v) is 5.90. The zero-order valence-electron chi connectivity index (χ0n) is 15.1. The summed E-state index contributed by atoms with van der Waals surface area (Å²) in [6.07, 6.45) is 0.874. The second kappa shape index (κ2) is 9.66. The van der Waals surface area contributed by atoms with Crippen LogP contribution in [-0.2, 0) is 9.53 Å². The lowest BCUT2D eigenvalue weighted by molar-refractivity contribution is -0.124. The summed E-state index contributed by atoms with van der Waals surface area (Å²) in [6.45, 7) is 3.60. The van der Waals surface area contributed by atoms with E-state index in [9.17, 15) is 18.4 Å². The van der Waals surface area contributed by atoms with Crippen molar-refractivity contribution in [1.82, 2.24) is 5.32 Å². The Morgan fingerprint density at radius 1 is 1.11 bits per heavy atom. The molecule has 0 aliphatic rings. The Kier molecular flexibility index (Phi) is 7.28. The van der Waals surface area contributed by atoms with Gasteiger partial charge in [0.1, 0.15) is 17.4 Å². The minimum atomic E-state index is -0.759. The highest BCUT2D eigenvalue weighted by molar-refractivity contribution is 5.91. The molecule has 144 valence electrons. The fraction of sp³-hybridized carbons (Fsp3) is 0.300. The highest BCUT2D eigenvalue weighted by atomic mass is 19.1. The van der Waals surface area contributed by atoms with Crippen LogP contribution >= 0.6 is 0 Å². The van der Waals surface area contributed by atoms with Gasteiger partial charge in [-0.05, 0) is 43.7 Å². The van der Waals surface area contributed by atoms with Crippen molar-refractivity contribution in [3.63, 3.8) is 0 Å². The van der Waals surface area contributed by atoms with Crippen LogP contribution in [0.5, 0.6) is 5.75 Å². The quantitative estimate of drug-likeness (QED) is 0.711. The van der Waals surface area contributed by atoms with Crippen LogP contribution in [-0.4, -0.2) is 25.1 Å². The number of rotatable bonds is 8. The third kappa shape index (κ3) is 6.06. The number of halogens is 2. The van der Waals surface area contributed by atoms with Crippen LogP contribution < -0.4 is 10.1 Å². The molecular weight excluding hydrogens is 356 g/mol. The maximum atomic E-state index is 13.7. The number of hydrogen-bond donors (Lipinski definition) is 1. The van der Waals surface area contributed by atoms with Gasteiger partial charge in [0.2, 0.25) is 0 Å². The number of nitrogens with one attached hydrogen (secondary N) is 1. The van der Waals surface area contributed by atoms with E-state index in [-0.39, 0.29) is 11.1 Å². The van der Waals surface area contributed by atoms with Gasteiger partial charge in [-0.1, -0.05) is 13.0 Å². The van der Waals surface area contributed by atoms with Gasteiger partial charge in [0.05, 0.1) is 18.2 Å². The summed E-state index contributed by atoms with van der Waals surface area (Å²) >= 11 is 0. The van der Waals surface area contributed by atoms with Crippen molar-refractivity contribution < 1.29 is 27.8 Å². The largest absolute Gasteiger partial charge is 0.494 e. The van der Waals surface area contributed by atoms with Crippen LogP contribution in [0.3, 0.4) is 0 Å². The fourth-order valence-corrected chi connectivity index (χ4v) is 2.34. The summed E-state index contributed by atoms with van der Waals surface area (Å²) in [5.41, 5.74) is 0.419. The molecule has 0 radical (unpaired) electrons. The third-order valence-electron chi connectivity index (χ3n) is 3.70. The van der Waals surface area contributed by atoms with E-state index in [0.717, 1.165) is 18.6 Å². The molecule has 1 amide bonds. The molecule has 0 aromatic heterocycles. The molecule has 0 saturated carbocycles. The Bertz CT molecular complexity index is 793. The lowest BCUT2D eigenvalue weighted by atomic mass is 10.1. The summed E-state index contributed by atoms with van der Waals surface area (Å²) in [6, 6.07) is 8.78. The molecule has 27 heavy (non-hydrogen) atoms. The van der Waals surface area contributed by atoms with Crippen LogP contribution in [0.15, 0.2) is 42.5 Å². The summed E-state index contributed by atoms with van der Waals surface area (Å²) in [7, 11) is 0. The molecule has 0 bridgehead atoms. The molecule has 7 heteroatoms. The Balaban J connectivity index is 1.84. The third-order valence-corrected chi connectivity index (χ3v) is 3.70. The zero-order valence-corrected chi connectivity index (χ0v) is 15.1. The minimum Gasteiger partial charge on any atom is -0.494 e. The topological polar surface area (TPSA) is 64.6 Å². The molecule has 0 heterocycles. The van der Waals surface area contributed by atoms with E-state index in [1.807, 2.05) is 6.92 Å².